The first-order chi connectivity index (χ1) is 11.1. The van der Waals surface area contributed by atoms with Gasteiger partial charge in [-0.3, -0.25) is 0 Å². The van der Waals surface area contributed by atoms with Gasteiger partial charge >= 0.3 is 0 Å². The van der Waals surface area contributed by atoms with Crippen molar-refractivity contribution in [2.24, 2.45) is 0 Å². The predicted molar refractivity (Wildman–Crippen MR) is 84.4 cm³/mol. The van der Waals surface area contributed by atoms with E-state index in [1.54, 1.807) is 12.3 Å². The molecular weight excluding hydrogens is 305 g/mol. The molecule has 7 heteroatoms. The molecule has 0 saturated heterocycles. The van der Waals surface area contributed by atoms with Crippen LogP contribution in [-0.4, -0.2) is 23.1 Å². The first-order valence-corrected chi connectivity index (χ1v) is 7.55. The largest absolute Gasteiger partial charge is 0.356 e. The van der Waals surface area contributed by atoms with E-state index in [1.807, 2.05) is 0 Å². The first kappa shape index (κ1) is 17.1. The van der Waals surface area contributed by atoms with Gasteiger partial charge in [0.25, 0.3) is 0 Å². The van der Waals surface area contributed by atoms with Crippen LogP contribution in [0, 0.1) is 17.5 Å². The fourth-order valence-electron chi connectivity index (χ4n) is 2.21. The maximum atomic E-state index is 13.7. The molecule has 0 aliphatic carbocycles. The summed E-state index contributed by atoms with van der Waals surface area (Å²) in [6, 6.07) is 3.73. The van der Waals surface area contributed by atoms with Crippen LogP contribution in [0.2, 0.25) is 0 Å². The van der Waals surface area contributed by atoms with Crippen LogP contribution in [0.5, 0.6) is 0 Å². The summed E-state index contributed by atoms with van der Waals surface area (Å²) in [4.78, 5) is 10.4. The summed E-state index contributed by atoms with van der Waals surface area (Å²) in [6.45, 7) is 5.81. The smallest absolute Gasteiger partial charge is 0.229 e. The van der Waals surface area contributed by atoms with Gasteiger partial charge < -0.3 is 10.2 Å². The number of benzene rings is 1. The molecule has 23 heavy (non-hydrogen) atoms. The molecule has 1 aromatic heterocycles. The zero-order valence-corrected chi connectivity index (χ0v) is 13.1. The summed E-state index contributed by atoms with van der Waals surface area (Å²) >= 11 is 0. The summed E-state index contributed by atoms with van der Waals surface area (Å²) in [6.07, 6.45) is 3.47. The van der Waals surface area contributed by atoms with Gasteiger partial charge in [0.05, 0.1) is 5.69 Å². The highest BCUT2D eigenvalue weighted by Crippen LogP contribution is 2.23. The lowest BCUT2D eigenvalue weighted by atomic mass is 10.3. The maximum Gasteiger partial charge on any atom is 0.229 e. The van der Waals surface area contributed by atoms with E-state index >= 15 is 0 Å². The normalized spacial score (nSPS) is 10.7. The van der Waals surface area contributed by atoms with Gasteiger partial charge in [-0.2, -0.15) is 4.98 Å². The number of nitrogens with one attached hydrogen (secondary N) is 1. The molecule has 1 N–H and O–H groups in total. The molecule has 0 saturated carbocycles. The third kappa shape index (κ3) is 4.12. The molecule has 1 aromatic carbocycles. The SMILES string of the molecule is CCCN(CCC)c1ccnc(Nc2ccc(F)c(F)c2F)n1. The van der Waals surface area contributed by atoms with Crippen LogP contribution in [0.4, 0.5) is 30.6 Å². The number of hydrogen-bond donors (Lipinski definition) is 1. The molecular formula is C16H19F3N4. The fourth-order valence-corrected chi connectivity index (χ4v) is 2.21. The Bertz CT molecular complexity index is 658. The van der Waals surface area contributed by atoms with Gasteiger partial charge in [-0.1, -0.05) is 13.8 Å². The van der Waals surface area contributed by atoms with Crippen LogP contribution in [-0.2, 0) is 0 Å². The van der Waals surface area contributed by atoms with E-state index in [9.17, 15) is 13.2 Å². The molecule has 0 atom stereocenters. The number of nitrogens with zero attached hydrogens (tertiary/aromatic N) is 3. The number of rotatable bonds is 7. The molecule has 0 aliphatic rings. The highest BCUT2D eigenvalue weighted by molar-refractivity contribution is 5.56. The fraction of sp³-hybridized carbons (Fsp3) is 0.375. The summed E-state index contributed by atoms with van der Waals surface area (Å²) in [7, 11) is 0. The average Bonchev–Trinajstić information content (AvgIpc) is 2.55. The van der Waals surface area contributed by atoms with Crippen LogP contribution in [0.1, 0.15) is 26.7 Å². The quantitative estimate of drug-likeness (QED) is 0.773. The Balaban J connectivity index is 2.24. The van der Waals surface area contributed by atoms with Crippen molar-refractivity contribution in [3.05, 3.63) is 41.8 Å². The van der Waals surface area contributed by atoms with E-state index in [2.05, 4.69) is 34.0 Å². The highest BCUT2D eigenvalue weighted by atomic mass is 19.2. The van der Waals surface area contributed by atoms with Crippen LogP contribution >= 0.6 is 0 Å². The number of halogens is 3. The maximum absolute atomic E-state index is 13.7. The minimum Gasteiger partial charge on any atom is -0.356 e. The Morgan fingerprint density at radius 2 is 1.70 bits per heavy atom. The van der Waals surface area contributed by atoms with Crippen molar-refractivity contribution < 1.29 is 13.2 Å². The van der Waals surface area contributed by atoms with Gasteiger partial charge in [-0.25, -0.2) is 18.2 Å². The molecule has 0 amide bonds. The van der Waals surface area contributed by atoms with E-state index < -0.39 is 17.5 Å². The monoisotopic (exact) mass is 324 g/mol. The lowest BCUT2D eigenvalue weighted by Gasteiger charge is -2.22. The van der Waals surface area contributed by atoms with Crippen molar-refractivity contribution in [1.29, 1.82) is 0 Å². The number of hydrogen-bond acceptors (Lipinski definition) is 4. The summed E-state index contributed by atoms with van der Waals surface area (Å²) < 4.78 is 39.9. The highest BCUT2D eigenvalue weighted by Gasteiger charge is 2.15. The van der Waals surface area contributed by atoms with Crippen LogP contribution < -0.4 is 10.2 Å². The third-order valence-electron chi connectivity index (χ3n) is 3.23. The second kappa shape index (κ2) is 7.80. The van der Waals surface area contributed by atoms with E-state index in [-0.39, 0.29) is 11.6 Å². The molecule has 0 bridgehead atoms. The Morgan fingerprint density at radius 1 is 1.00 bits per heavy atom. The molecule has 0 radical (unpaired) electrons. The minimum atomic E-state index is -1.52. The Morgan fingerprint density at radius 3 is 2.35 bits per heavy atom. The molecule has 0 unspecified atom stereocenters. The van der Waals surface area contributed by atoms with Crippen molar-refractivity contribution in [2.75, 3.05) is 23.3 Å². The van der Waals surface area contributed by atoms with Crippen molar-refractivity contribution in [2.45, 2.75) is 26.7 Å². The van der Waals surface area contributed by atoms with Crippen molar-refractivity contribution in [3.8, 4) is 0 Å². The standard InChI is InChI=1S/C16H19F3N4/c1-3-9-23(10-4-2)13-7-8-20-16(22-13)21-12-6-5-11(17)14(18)15(12)19/h5-8H,3-4,9-10H2,1-2H3,(H,20,21,22). The zero-order chi connectivity index (χ0) is 16.8. The van der Waals surface area contributed by atoms with Crippen LogP contribution in [0.25, 0.3) is 0 Å². The average molecular weight is 324 g/mol. The Kier molecular flexibility index (Phi) is 5.78. The van der Waals surface area contributed by atoms with Crippen molar-refractivity contribution >= 4 is 17.5 Å². The molecule has 1 heterocycles. The lowest BCUT2D eigenvalue weighted by Crippen LogP contribution is -2.26. The summed E-state index contributed by atoms with van der Waals surface area (Å²) in [5.74, 6) is -3.22. The second-order valence-electron chi connectivity index (χ2n) is 5.07. The molecule has 2 rings (SSSR count). The summed E-state index contributed by atoms with van der Waals surface area (Å²) in [5, 5.41) is 2.59. The molecule has 2 aromatic rings. The van der Waals surface area contributed by atoms with Gasteiger partial charge in [0.15, 0.2) is 17.5 Å². The molecule has 0 aliphatic heterocycles. The first-order valence-electron chi connectivity index (χ1n) is 7.55. The minimum absolute atomic E-state index is 0.129. The van der Waals surface area contributed by atoms with Gasteiger partial charge in [0.1, 0.15) is 5.82 Å². The van der Waals surface area contributed by atoms with Crippen molar-refractivity contribution in [3.63, 3.8) is 0 Å². The van der Waals surface area contributed by atoms with E-state index in [4.69, 9.17) is 0 Å². The Hall–Kier alpha value is -2.31. The molecule has 4 nitrogen and oxygen atoms in total. The molecule has 124 valence electrons. The van der Waals surface area contributed by atoms with E-state index in [0.717, 1.165) is 38.1 Å². The molecule has 0 fully saturated rings. The number of anilines is 3. The molecule has 0 spiro atoms. The summed E-state index contributed by atoms with van der Waals surface area (Å²) in [5.41, 5.74) is -0.210. The predicted octanol–water partition coefficient (Wildman–Crippen LogP) is 4.26. The second-order valence-corrected chi connectivity index (χ2v) is 5.07. The van der Waals surface area contributed by atoms with Gasteiger partial charge in [0.2, 0.25) is 5.95 Å². The topological polar surface area (TPSA) is 41.1 Å². The van der Waals surface area contributed by atoms with E-state index in [1.165, 1.54) is 0 Å². The van der Waals surface area contributed by atoms with Crippen LogP contribution in [0.3, 0.4) is 0 Å². The van der Waals surface area contributed by atoms with Crippen LogP contribution in [0.15, 0.2) is 24.4 Å². The third-order valence-corrected chi connectivity index (χ3v) is 3.23. The van der Waals surface area contributed by atoms with Gasteiger partial charge in [0, 0.05) is 19.3 Å². The number of aromatic nitrogens is 2. The zero-order valence-electron chi connectivity index (χ0n) is 13.1. The lowest BCUT2D eigenvalue weighted by molar-refractivity contribution is 0.449. The van der Waals surface area contributed by atoms with Gasteiger partial charge in [-0.15, -0.1) is 0 Å². The van der Waals surface area contributed by atoms with Crippen molar-refractivity contribution in [1.82, 2.24) is 9.97 Å². The van der Waals surface area contributed by atoms with E-state index in [0.29, 0.717) is 5.82 Å². The Labute approximate surface area is 133 Å². The van der Waals surface area contributed by atoms with Gasteiger partial charge in [-0.05, 0) is 31.0 Å².